The lowest BCUT2D eigenvalue weighted by molar-refractivity contribution is -0.116. The van der Waals surface area contributed by atoms with Crippen molar-refractivity contribution < 1.29 is 9.59 Å². The predicted molar refractivity (Wildman–Crippen MR) is 148 cm³/mol. The molecular formula is C28H25Cl2N5O2. The molecule has 3 amide bonds. The molecule has 1 aromatic heterocycles. The maximum atomic E-state index is 13.2. The number of hydrogen-bond donors (Lipinski definition) is 2. The molecule has 1 fully saturated rings. The molecule has 2 N–H and O–H groups in total. The fraction of sp³-hybridized carbons (Fsp3) is 0.179. The number of aryl methyl sites for hydroxylation is 1. The van der Waals surface area contributed by atoms with E-state index >= 15 is 0 Å². The molecule has 7 nitrogen and oxygen atoms in total. The van der Waals surface area contributed by atoms with Crippen LogP contribution in [0.15, 0.2) is 79.0 Å². The number of hydrogen-bond acceptors (Lipinski definition) is 3. The van der Waals surface area contributed by atoms with Crippen LogP contribution < -0.4 is 10.6 Å². The van der Waals surface area contributed by atoms with Crippen LogP contribution in [-0.4, -0.2) is 39.0 Å². The van der Waals surface area contributed by atoms with Gasteiger partial charge in [0.05, 0.1) is 5.69 Å². The Morgan fingerprint density at radius 1 is 0.973 bits per heavy atom. The van der Waals surface area contributed by atoms with Gasteiger partial charge >= 0.3 is 6.03 Å². The number of halogens is 2. The van der Waals surface area contributed by atoms with Gasteiger partial charge in [-0.15, -0.1) is 0 Å². The first-order valence-electron chi connectivity index (χ1n) is 11.9. The number of benzene rings is 3. The molecule has 9 heteroatoms. The lowest BCUT2D eigenvalue weighted by Gasteiger charge is -2.22. The van der Waals surface area contributed by atoms with Crippen molar-refractivity contribution >= 4 is 46.8 Å². The van der Waals surface area contributed by atoms with E-state index in [1.54, 1.807) is 33.7 Å². The van der Waals surface area contributed by atoms with Crippen molar-refractivity contribution in [2.75, 3.05) is 17.2 Å². The Bertz CT molecular complexity index is 1430. The van der Waals surface area contributed by atoms with E-state index in [2.05, 4.69) is 15.6 Å². The van der Waals surface area contributed by atoms with E-state index in [4.69, 9.17) is 23.2 Å². The van der Waals surface area contributed by atoms with Gasteiger partial charge in [-0.05, 0) is 62.2 Å². The van der Waals surface area contributed by atoms with E-state index in [0.717, 1.165) is 29.7 Å². The van der Waals surface area contributed by atoms with Gasteiger partial charge in [0.1, 0.15) is 6.54 Å². The van der Waals surface area contributed by atoms with Gasteiger partial charge < -0.3 is 10.2 Å². The van der Waals surface area contributed by atoms with Crippen LogP contribution in [-0.2, 0) is 4.79 Å². The Hall–Kier alpha value is -3.81. The third kappa shape index (κ3) is 6.13. The van der Waals surface area contributed by atoms with Crippen LogP contribution in [0.4, 0.5) is 16.4 Å². The van der Waals surface area contributed by atoms with Crippen molar-refractivity contribution in [2.24, 2.45) is 0 Å². The first-order chi connectivity index (χ1) is 17.9. The van der Waals surface area contributed by atoms with Gasteiger partial charge in [-0.25, -0.2) is 9.78 Å². The van der Waals surface area contributed by atoms with Crippen LogP contribution in [0.2, 0.25) is 10.0 Å². The third-order valence-electron chi connectivity index (χ3n) is 6.05. The van der Waals surface area contributed by atoms with E-state index in [1.165, 1.54) is 0 Å². The van der Waals surface area contributed by atoms with Gasteiger partial charge in [0.15, 0.2) is 0 Å². The highest BCUT2D eigenvalue weighted by molar-refractivity contribution is 6.31. The number of rotatable bonds is 7. The lowest BCUT2D eigenvalue weighted by atomic mass is 10.2. The summed E-state index contributed by atoms with van der Waals surface area (Å²) in [7, 11) is 0. The molecular weight excluding hydrogens is 509 g/mol. The minimum atomic E-state index is -0.345. The predicted octanol–water partition coefficient (Wildman–Crippen LogP) is 6.79. The number of carbonyl (C=O) groups is 2. The van der Waals surface area contributed by atoms with E-state index in [1.807, 2.05) is 61.7 Å². The number of imidazole rings is 1. The lowest BCUT2D eigenvalue weighted by Crippen LogP contribution is -2.42. The monoisotopic (exact) mass is 533 g/mol. The average molecular weight is 534 g/mol. The highest BCUT2D eigenvalue weighted by atomic mass is 35.5. The zero-order chi connectivity index (χ0) is 25.9. The number of urea groups is 1. The van der Waals surface area contributed by atoms with Gasteiger partial charge in [0.2, 0.25) is 11.9 Å². The maximum absolute atomic E-state index is 13.2. The van der Waals surface area contributed by atoms with Crippen molar-refractivity contribution in [1.29, 1.82) is 0 Å². The molecule has 0 spiro atoms. The topological polar surface area (TPSA) is 79.3 Å². The fourth-order valence-electron chi connectivity index (χ4n) is 3.96. The molecule has 5 rings (SSSR count). The largest absolute Gasteiger partial charge is 0.322 e. The van der Waals surface area contributed by atoms with Gasteiger partial charge in [-0.3, -0.25) is 14.7 Å². The second kappa shape index (κ2) is 10.7. The quantitative estimate of drug-likeness (QED) is 0.274. The summed E-state index contributed by atoms with van der Waals surface area (Å²) in [4.78, 5) is 32.4. The molecule has 3 aromatic carbocycles. The summed E-state index contributed by atoms with van der Waals surface area (Å²) in [5.74, 6) is -0.0191. The molecule has 188 valence electrons. The summed E-state index contributed by atoms with van der Waals surface area (Å²) in [6, 6.07) is 21.8. The molecule has 1 saturated carbocycles. The molecule has 37 heavy (non-hydrogen) atoms. The van der Waals surface area contributed by atoms with Crippen molar-refractivity contribution in [3.8, 4) is 16.9 Å². The fourth-order valence-corrected chi connectivity index (χ4v) is 4.27. The number of carbonyl (C=O) groups excluding carboxylic acids is 2. The second-order valence-electron chi connectivity index (χ2n) is 9.01. The SMILES string of the molecule is Cc1ccc(NC(=O)N(CC(=O)Nc2nc(-c3ccc(Cl)cc3)cn2-c2cccc(Cl)c2)C2CC2)cc1. The molecule has 0 bridgehead atoms. The minimum Gasteiger partial charge on any atom is -0.312 e. The average Bonchev–Trinajstić information content (AvgIpc) is 3.64. The normalized spacial score (nSPS) is 12.7. The molecule has 0 atom stereocenters. The van der Waals surface area contributed by atoms with Crippen LogP contribution in [0.25, 0.3) is 16.9 Å². The molecule has 0 radical (unpaired) electrons. The Balaban J connectivity index is 1.37. The van der Waals surface area contributed by atoms with Crippen LogP contribution in [0, 0.1) is 6.92 Å². The first-order valence-corrected chi connectivity index (χ1v) is 12.7. The summed E-state index contributed by atoms with van der Waals surface area (Å²) in [5.41, 5.74) is 4.03. The smallest absolute Gasteiger partial charge is 0.312 e. The van der Waals surface area contributed by atoms with E-state index in [9.17, 15) is 9.59 Å². The van der Waals surface area contributed by atoms with E-state index < -0.39 is 0 Å². The number of nitrogens with zero attached hydrogens (tertiary/aromatic N) is 3. The van der Waals surface area contributed by atoms with Gasteiger partial charge in [0.25, 0.3) is 0 Å². The Morgan fingerprint density at radius 3 is 2.38 bits per heavy atom. The van der Waals surface area contributed by atoms with Gasteiger partial charge in [-0.2, -0.15) is 0 Å². The minimum absolute atomic E-state index is 0.0356. The molecule has 1 heterocycles. The zero-order valence-corrected chi connectivity index (χ0v) is 21.6. The van der Waals surface area contributed by atoms with Crippen LogP contribution in [0.3, 0.4) is 0 Å². The molecule has 0 saturated heterocycles. The number of aromatic nitrogens is 2. The summed E-state index contributed by atoms with van der Waals surface area (Å²) < 4.78 is 1.77. The van der Waals surface area contributed by atoms with E-state index in [-0.39, 0.29) is 24.5 Å². The molecule has 1 aliphatic carbocycles. The van der Waals surface area contributed by atoms with Crippen LogP contribution >= 0.6 is 23.2 Å². The summed E-state index contributed by atoms with van der Waals surface area (Å²) in [6.45, 7) is 1.89. The molecule has 0 aliphatic heterocycles. The Morgan fingerprint density at radius 2 is 1.70 bits per heavy atom. The summed E-state index contributed by atoms with van der Waals surface area (Å²) in [5, 5.41) is 6.97. The standard InChI is InChI=1S/C28H25Cl2N5O2/c1-18-5-11-22(12-6-18)31-28(37)35(23-13-14-23)17-26(36)33-27-32-25(19-7-9-20(29)10-8-19)16-34(27)24-4-2-3-21(30)15-24/h2-12,15-16,23H,13-14,17H2,1H3,(H,31,37)(H,32,33,36). The molecule has 1 aliphatic rings. The third-order valence-corrected chi connectivity index (χ3v) is 6.54. The van der Waals surface area contributed by atoms with Crippen molar-refractivity contribution in [3.05, 3.63) is 94.6 Å². The van der Waals surface area contributed by atoms with E-state index in [0.29, 0.717) is 27.4 Å². The van der Waals surface area contributed by atoms with Gasteiger partial charge in [-0.1, -0.05) is 59.1 Å². The maximum Gasteiger partial charge on any atom is 0.322 e. The highest BCUT2D eigenvalue weighted by Gasteiger charge is 2.34. The van der Waals surface area contributed by atoms with Gasteiger partial charge in [0, 0.05) is 39.2 Å². The number of anilines is 2. The van der Waals surface area contributed by atoms with Crippen LogP contribution in [0.5, 0.6) is 0 Å². The Kier molecular flexibility index (Phi) is 7.17. The zero-order valence-electron chi connectivity index (χ0n) is 20.1. The highest BCUT2D eigenvalue weighted by Crippen LogP contribution is 2.29. The second-order valence-corrected chi connectivity index (χ2v) is 9.88. The Labute approximate surface area is 225 Å². The summed E-state index contributed by atoms with van der Waals surface area (Å²) in [6.07, 6.45) is 3.56. The molecule has 0 unspecified atom stereocenters. The van der Waals surface area contributed by atoms with Crippen LogP contribution in [0.1, 0.15) is 18.4 Å². The number of amides is 3. The number of nitrogens with one attached hydrogen (secondary N) is 2. The summed E-state index contributed by atoms with van der Waals surface area (Å²) >= 11 is 12.3. The van der Waals surface area contributed by atoms with Crippen molar-refractivity contribution in [3.63, 3.8) is 0 Å². The first kappa shape index (κ1) is 24.9. The van der Waals surface area contributed by atoms with Crippen molar-refractivity contribution in [1.82, 2.24) is 14.5 Å². The molecule has 4 aromatic rings. The van der Waals surface area contributed by atoms with Crippen molar-refractivity contribution in [2.45, 2.75) is 25.8 Å².